The van der Waals surface area contributed by atoms with Gasteiger partial charge in [-0.05, 0) is 53.1 Å². The number of carbonyl (C=O) groups is 1. The van der Waals surface area contributed by atoms with Gasteiger partial charge in [0.15, 0.2) is 0 Å². The summed E-state index contributed by atoms with van der Waals surface area (Å²) in [7, 11) is 0. The third kappa shape index (κ3) is 5.51. The highest BCUT2D eigenvalue weighted by atomic mass is 35.5. The van der Waals surface area contributed by atoms with E-state index in [9.17, 15) is 10.1 Å². The lowest BCUT2D eigenvalue weighted by atomic mass is 10.0. The maximum absolute atomic E-state index is 13.4. The van der Waals surface area contributed by atoms with Gasteiger partial charge < -0.3 is 5.32 Å². The number of fused-ring (bicyclic) bond motifs is 3. The molecule has 0 aliphatic carbocycles. The van der Waals surface area contributed by atoms with E-state index in [0.717, 1.165) is 46.4 Å². The van der Waals surface area contributed by atoms with Gasteiger partial charge in [-0.3, -0.25) is 9.47 Å². The maximum atomic E-state index is 13.4. The van der Waals surface area contributed by atoms with Gasteiger partial charge in [0.1, 0.15) is 5.15 Å². The molecule has 1 aliphatic heterocycles. The van der Waals surface area contributed by atoms with Crippen LogP contribution in [-0.4, -0.2) is 33.6 Å². The number of amides is 1. The van der Waals surface area contributed by atoms with Gasteiger partial charge in [-0.25, -0.2) is 9.78 Å². The van der Waals surface area contributed by atoms with E-state index in [1.165, 1.54) is 0 Å². The number of benzene rings is 2. The monoisotopic (exact) mass is 549 g/mol. The van der Waals surface area contributed by atoms with Gasteiger partial charge in [0.05, 0.1) is 17.1 Å². The lowest BCUT2D eigenvalue weighted by Crippen LogP contribution is -2.34. The smallest absolute Gasteiger partial charge is 0.326 e. The van der Waals surface area contributed by atoms with Crippen LogP contribution >= 0.6 is 34.8 Å². The van der Waals surface area contributed by atoms with Gasteiger partial charge in [-0.2, -0.15) is 5.26 Å². The Balaban J connectivity index is 1.39. The number of hydrogen-bond donors (Lipinski definition) is 1. The van der Waals surface area contributed by atoms with Crippen molar-refractivity contribution in [2.24, 2.45) is 0 Å². The van der Waals surface area contributed by atoms with E-state index >= 15 is 0 Å². The van der Waals surface area contributed by atoms with Crippen molar-refractivity contribution in [1.29, 1.82) is 5.26 Å². The Labute approximate surface area is 229 Å². The maximum Gasteiger partial charge on any atom is 0.326 e. The van der Waals surface area contributed by atoms with Crippen LogP contribution in [-0.2, 0) is 19.5 Å². The summed E-state index contributed by atoms with van der Waals surface area (Å²) in [4.78, 5) is 19.7. The molecule has 6 nitrogen and oxygen atoms in total. The van der Waals surface area contributed by atoms with Crippen LogP contribution in [0.2, 0.25) is 15.2 Å². The van der Waals surface area contributed by atoms with E-state index in [-0.39, 0.29) is 6.03 Å². The first-order chi connectivity index (χ1) is 17.9. The quantitative estimate of drug-likeness (QED) is 0.281. The number of aromatic nitrogens is 2. The van der Waals surface area contributed by atoms with Crippen molar-refractivity contribution >= 4 is 57.8 Å². The van der Waals surface area contributed by atoms with Crippen molar-refractivity contribution in [2.75, 3.05) is 13.1 Å². The lowest BCUT2D eigenvalue weighted by molar-refractivity contribution is 0.240. The zero-order valence-corrected chi connectivity index (χ0v) is 22.0. The minimum absolute atomic E-state index is 0.236. The highest BCUT2D eigenvalue weighted by Crippen LogP contribution is 2.32. The van der Waals surface area contributed by atoms with Crippen LogP contribution in [0.25, 0.3) is 17.0 Å². The zero-order valence-electron chi connectivity index (χ0n) is 19.7. The second kappa shape index (κ2) is 11.0. The summed E-state index contributed by atoms with van der Waals surface area (Å²) in [5, 5.41) is 15.0. The van der Waals surface area contributed by atoms with Crippen LogP contribution in [0.1, 0.15) is 27.9 Å². The molecule has 2 aromatic heterocycles. The standard InChI is InChI=1S/C28H22Cl3N5O/c29-21-5-4-20(24(30)14-21)2-1-10-35-11-8-25-23(17-35)22-6-3-18(15-32)12-26(22)36(25)28(37)34-16-19-7-9-33-27(31)13-19/h1-7,9,12-14H,8,10-11,16-17H2,(H,34,37). The lowest BCUT2D eigenvalue weighted by Gasteiger charge is -2.27. The van der Waals surface area contributed by atoms with Gasteiger partial charge in [0.2, 0.25) is 0 Å². The van der Waals surface area contributed by atoms with E-state index in [1.54, 1.807) is 35.0 Å². The third-order valence-corrected chi connectivity index (χ3v) is 7.19. The first-order valence-corrected chi connectivity index (χ1v) is 12.8. The molecule has 186 valence electrons. The minimum atomic E-state index is -0.236. The van der Waals surface area contributed by atoms with Gasteiger partial charge in [0, 0.05) is 59.9 Å². The molecule has 1 aliphatic rings. The number of hydrogen-bond acceptors (Lipinski definition) is 4. The minimum Gasteiger partial charge on any atom is -0.333 e. The van der Waals surface area contributed by atoms with E-state index in [0.29, 0.717) is 40.3 Å². The molecule has 37 heavy (non-hydrogen) atoms. The summed E-state index contributed by atoms with van der Waals surface area (Å²) >= 11 is 18.3. The molecule has 0 spiro atoms. The molecular weight excluding hydrogens is 529 g/mol. The largest absolute Gasteiger partial charge is 0.333 e. The Morgan fingerprint density at radius 1 is 1.14 bits per heavy atom. The zero-order chi connectivity index (χ0) is 25.9. The van der Waals surface area contributed by atoms with E-state index in [2.05, 4.69) is 27.3 Å². The SMILES string of the molecule is N#Cc1ccc2c3c(n(C(=O)NCc4ccnc(Cl)c4)c2c1)CCN(CC=Cc1ccc(Cl)cc1Cl)C3. The molecular formula is C28H22Cl3N5O. The Morgan fingerprint density at radius 3 is 2.78 bits per heavy atom. The van der Waals surface area contributed by atoms with E-state index in [1.807, 2.05) is 30.3 Å². The molecule has 0 saturated carbocycles. The summed E-state index contributed by atoms with van der Waals surface area (Å²) < 4.78 is 1.72. The van der Waals surface area contributed by atoms with Crippen molar-refractivity contribution in [2.45, 2.75) is 19.5 Å². The van der Waals surface area contributed by atoms with Gasteiger partial charge in [-0.15, -0.1) is 0 Å². The van der Waals surface area contributed by atoms with Crippen molar-refractivity contribution in [1.82, 2.24) is 19.8 Å². The number of nitrogens with one attached hydrogen (secondary N) is 1. The molecule has 2 aromatic carbocycles. The number of halogens is 3. The Bertz CT molecular complexity index is 1570. The van der Waals surface area contributed by atoms with Crippen molar-refractivity contribution < 1.29 is 4.79 Å². The fourth-order valence-electron chi connectivity index (χ4n) is 4.65. The van der Waals surface area contributed by atoms with Crippen LogP contribution in [0, 0.1) is 11.3 Å². The Hall–Kier alpha value is -3.34. The van der Waals surface area contributed by atoms with Crippen LogP contribution < -0.4 is 5.32 Å². The summed E-state index contributed by atoms with van der Waals surface area (Å²) in [6.45, 7) is 2.53. The molecule has 1 amide bonds. The first-order valence-electron chi connectivity index (χ1n) is 11.7. The second-order valence-electron chi connectivity index (χ2n) is 8.80. The average Bonchev–Trinajstić information content (AvgIpc) is 3.21. The van der Waals surface area contributed by atoms with Gasteiger partial charge >= 0.3 is 6.03 Å². The summed E-state index contributed by atoms with van der Waals surface area (Å²) in [6, 6.07) is 16.4. The summed E-state index contributed by atoms with van der Waals surface area (Å²) in [5.41, 5.74) is 5.09. The number of nitrogens with zero attached hydrogens (tertiary/aromatic N) is 4. The normalized spacial score (nSPS) is 13.6. The van der Waals surface area contributed by atoms with E-state index < -0.39 is 0 Å². The number of rotatable bonds is 5. The molecule has 5 rings (SSSR count). The van der Waals surface area contributed by atoms with Crippen LogP contribution in [0.5, 0.6) is 0 Å². The average molecular weight is 551 g/mol. The number of pyridine rings is 1. The Kier molecular flexibility index (Phi) is 7.50. The summed E-state index contributed by atoms with van der Waals surface area (Å²) in [5.74, 6) is 0. The number of nitriles is 1. The molecule has 0 radical (unpaired) electrons. The fourth-order valence-corrected chi connectivity index (χ4v) is 5.31. The fraction of sp³-hybridized carbons (Fsp3) is 0.179. The summed E-state index contributed by atoms with van der Waals surface area (Å²) in [6.07, 6.45) is 6.39. The van der Waals surface area contributed by atoms with Crippen LogP contribution in [0.4, 0.5) is 4.79 Å². The van der Waals surface area contributed by atoms with E-state index in [4.69, 9.17) is 34.8 Å². The molecule has 9 heteroatoms. The molecule has 4 aromatic rings. The highest BCUT2D eigenvalue weighted by Gasteiger charge is 2.26. The van der Waals surface area contributed by atoms with Crippen molar-refractivity contribution in [3.8, 4) is 6.07 Å². The third-order valence-electron chi connectivity index (χ3n) is 6.42. The van der Waals surface area contributed by atoms with Crippen molar-refractivity contribution in [3.63, 3.8) is 0 Å². The highest BCUT2D eigenvalue weighted by molar-refractivity contribution is 6.35. The van der Waals surface area contributed by atoms with Crippen LogP contribution in [0.3, 0.4) is 0 Å². The molecule has 0 bridgehead atoms. The molecule has 0 saturated heterocycles. The second-order valence-corrected chi connectivity index (χ2v) is 10.0. The molecule has 0 atom stereocenters. The molecule has 3 heterocycles. The van der Waals surface area contributed by atoms with Gasteiger partial charge in [0.25, 0.3) is 0 Å². The first kappa shape index (κ1) is 25.3. The van der Waals surface area contributed by atoms with Gasteiger partial charge in [-0.1, -0.05) is 59.1 Å². The van der Waals surface area contributed by atoms with Crippen LogP contribution in [0.15, 0.2) is 60.8 Å². The predicted octanol–water partition coefficient (Wildman–Crippen LogP) is 6.70. The van der Waals surface area contributed by atoms with Crippen molar-refractivity contribution in [3.05, 3.63) is 104 Å². The molecule has 0 unspecified atom stereocenters. The Morgan fingerprint density at radius 2 is 2.00 bits per heavy atom. The molecule has 0 fully saturated rings. The predicted molar refractivity (Wildman–Crippen MR) is 148 cm³/mol. The number of carbonyl (C=O) groups excluding carboxylic acids is 1. The topological polar surface area (TPSA) is 74.0 Å². The molecule has 1 N–H and O–H groups in total.